The maximum Gasteiger partial charge on any atom is 0.337 e. The minimum absolute atomic E-state index is 0.143. The third-order valence-electron chi connectivity index (χ3n) is 4.67. The Hall–Kier alpha value is -2.42. The molecule has 0 unspecified atom stereocenters. The van der Waals surface area contributed by atoms with Crippen LogP contribution in [0.5, 0.6) is 0 Å². The maximum atomic E-state index is 12.5. The van der Waals surface area contributed by atoms with Crippen LogP contribution in [0, 0.1) is 6.92 Å². The molecule has 0 saturated carbocycles. The van der Waals surface area contributed by atoms with E-state index in [9.17, 15) is 9.59 Å². The van der Waals surface area contributed by atoms with Gasteiger partial charge in [-0.3, -0.25) is 4.79 Å². The first-order valence-corrected chi connectivity index (χ1v) is 11.8. The van der Waals surface area contributed by atoms with Crippen LogP contribution in [0.25, 0.3) is 10.2 Å². The second kappa shape index (κ2) is 11.3. The summed E-state index contributed by atoms with van der Waals surface area (Å²) in [5.41, 5.74) is 2.62. The SMILES string of the molecule is COCCn1c(=NC(=O)CCCSc2ccc(C)cc2)sc2cc(C(=O)OC)ccc21. The molecular formula is C23H26N2O4S2. The molecule has 0 spiro atoms. The fourth-order valence-corrected chi connectivity index (χ4v) is 4.98. The van der Waals surface area contributed by atoms with Crippen molar-refractivity contribution in [2.45, 2.75) is 31.2 Å². The van der Waals surface area contributed by atoms with Crippen LogP contribution in [0.3, 0.4) is 0 Å². The molecule has 0 aliphatic rings. The lowest BCUT2D eigenvalue weighted by Gasteiger charge is -2.05. The van der Waals surface area contributed by atoms with E-state index in [2.05, 4.69) is 36.2 Å². The number of thiazole rings is 1. The van der Waals surface area contributed by atoms with Crippen LogP contribution in [0.2, 0.25) is 0 Å². The van der Waals surface area contributed by atoms with Gasteiger partial charge < -0.3 is 14.0 Å². The number of esters is 1. The summed E-state index contributed by atoms with van der Waals surface area (Å²) in [6.07, 6.45) is 1.15. The maximum absolute atomic E-state index is 12.5. The molecule has 3 aromatic rings. The van der Waals surface area contributed by atoms with Gasteiger partial charge in [0.05, 0.1) is 29.5 Å². The number of methoxy groups -OCH3 is 2. The van der Waals surface area contributed by atoms with Crippen molar-refractivity contribution in [3.05, 3.63) is 58.4 Å². The number of aryl methyl sites for hydroxylation is 1. The average molecular weight is 459 g/mol. The van der Waals surface area contributed by atoms with Gasteiger partial charge >= 0.3 is 5.97 Å². The highest BCUT2D eigenvalue weighted by Crippen LogP contribution is 2.21. The van der Waals surface area contributed by atoms with E-state index < -0.39 is 0 Å². The highest BCUT2D eigenvalue weighted by atomic mass is 32.2. The molecule has 1 amide bonds. The van der Waals surface area contributed by atoms with Gasteiger partial charge in [0.1, 0.15) is 0 Å². The molecule has 2 aromatic carbocycles. The summed E-state index contributed by atoms with van der Waals surface area (Å²) in [5.74, 6) is 0.331. The summed E-state index contributed by atoms with van der Waals surface area (Å²) < 4.78 is 12.9. The van der Waals surface area contributed by atoms with E-state index in [-0.39, 0.29) is 11.9 Å². The van der Waals surface area contributed by atoms with E-state index in [4.69, 9.17) is 9.47 Å². The molecule has 1 heterocycles. The van der Waals surface area contributed by atoms with Crippen molar-refractivity contribution in [3.8, 4) is 0 Å². The van der Waals surface area contributed by atoms with Gasteiger partial charge in [-0.25, -0.2) is 4.79 Å². The molecule has 0 atom stereocenters. The number of hydrogen-bond acceptors (Lipinski definition) is 6. The highest BCUT2D eigenvalue weighted by molar-refractivity contribution is 7.99. The minimum Gasteiger partial charge on any atom is -0.465 e. The average Bonchev–Trinajstić information content (AvgIpc) is 3.11. The van der Waals surface area contributed by atoms with Crippen molar-refractivity contribution < 1.29 is 19.1 Å². The molecule has 0 bridgehead atoms. The van der Waals surface area contributed by atoms with Crippen LogP contribution in [-0.2, 0) is 20.8 Å². The summed E-state index contributed by atoms with van der Waals surface area (Å²) in [7, 11) is 2.99. The largest absolute Gasteiger partial charge is 0.465 e. The molecule has 31 heavy (non-hydrogen) atoms. The Balaban J connectivity index is 1.72. The molecule has 3 rings (SSSR count). The van der Waals surface area contributed by atoms with Gasteiger partial charge in [-0.15, -0.1) is 11.8 Å². The molecule has 0 N–H and O–H groups in total. The number of nitrogens with zero attached hydrogens (tertiary/aromatic N) is 2. The lowest BCUT2D eigenvalue weighted by atomic mass is 10.2. The van der Waals surface area contributed by atoms with E-state index in [0.29, 0.717) is 29.9 Å². The topological polar surface area (TPSA) is 69.9 Å². The monoisotopic (exact) mass is 458 g/mol. The van der Waals surface area contributed by atoms with E-state index in [1.807, 2.05) is 10.6 Å². The summed E-state index contributed by atoms with van der Waals surface area (Å²) in [6.45, 7) is 3.14. The lowest BCUT2D eigenvalue weighted by Crippen LogP contribution is -2.19. The number of fused-ring (bicyclic) bond motifs is 1. The Morgan fingerprint density at radius 3 is 2.61 bits per heavy atom. The second-order valence-electron chi connectivity index (χ2n) is 6.97. The highest BCUT2D eigenvalue weighted by Gasteiger charge is 2.12. The number of carbonyl (C=O) groups excluding carboxylic acids is 2. The summed E-state index contributed by atoms with van der Waals surface area (Å²) >= 11 is 3.13. The van der Waals surface area contributed by atoms with Gasteiger partial charge in [-0.1, -0.05) is 29.0 Å². The van der Waals surface area contributed by atoms with Crippen molar-refractivity contribution in [2.75, 3.05) is 26.6 Å². The first-order chi connectivity index (χ1) is 15.0. The first kappa shape index (κ1) is 23.2. The number of rotatable bonds is 9. The van der Waals surface area contributed by atoms with Gasteiger partial charge in [-0.05, 0) is 49.4 Å². The number of carbonyl (C=O) groups is 2. The fraction of sp³-hybridized carbons (Fsp3) is 0.348. The zero-order chi connectivity index (χ0) is 22.2. The smallest absolute Gasteiger partial charge is 0.337 e. The predicted molar refractivity (Wildman–Crippen MR) is 125 cm³/mol. The van der Waals surface area contributed by atoms with Crippen LogP contribution in [0.1, 0.15) is 28.8 Å². The molecule has 0 radical (unpaired) electrons. The van der Waals surface area contributed by atoms with E-state index >= 15 is 0 Å². The van der Waals surface area contributed by atoms with Crippen molar-refractivity contribution in [1.29, 1.82) is 0 Å². The second-order valence-corrected chi connectivity index (χ2v) is 9.15. The van der Waals surface area contributed by atoms with Gasteiger partial charge in [0.25, 0.3) is 0 Å². The molecule has 0 fully saturated rings. The Labute approximate surface area is 189 Å². The zero-order valence-corrected chi connectivity index (χ0v) is 19.6. The molecule has 0 aliphatic heterocycles. The first-order valence-electron chi connectivity index (χ1n) is 9.99. The Morgan fingerprint density at radius 1 is 1.13 bits per heavy atom. The van der Waals surface area contributed by atoms with E-state index in [1.165, 1.54) is 28.9 Å². The quantitative estimate of drug-likeness (QED) is 0.269. The van der Waals surface area contributed by atoms with Gasteiger partial charge in [-0.2, -0.15) is 4.99 Å². The number of hydrogen-bond donors (Lipinski definition) is 0. The summed E-state index contributed by atoms with van der Waals surface area (Å²) in [5, 5.41) is 0. The standard InChI is InChI=1S/C23H26N2O4S2/c1-16-6-9-18(10-7-16)30-14-4-5-21(26)24-23-25(12-13-28-2)19-11-8-17(22(27)29-3)15-20(19)31-23/h6-11,15H,4-5,12-14H2,1-3H3. The van der Waals surface area contributed by atoms with Gasteiger partial charge in [0.15, 0.2) is 4.80 Å². The Morgan fingerprint density at radius 2 is 1.90 bits per heavy atom. The van der Waals surface area contributed by atoms with E-state index in [0.717, 1.165) is 22.4 Å². The minimum atomic E-state index is -0.389. The summed E-state index contributed by atoms with van der Waals surface area (Å²) in [4.78, 5) is 30.5. The van der Waals surface area contributed by atoms with Crippen LogP contribution in [0.15, 0.2) is 52.4 Å². The molecule has 164 valence electrons. The predicted octanol–water partition coefficient (Wildman–Crippen LogP) is 4.44. The molecular weight excluding hydrogens is 432 g/mol. The molecule has 1 aromatic heterocycles. The lowest BCUT2D eigenvalue weighted by molar-refractivity contribution is -0.118. The van der Waals surface area contributed by atoms with Gasteiger partial charge in [0.2, 0.25) is 5.91 Å². The fourth-order valence-electron chi connectivity index (χ4n) is 3.01. The third-order valence-corrected chi connectivity index (χ3v) is 6.81. The summed E-state index contributed by atoms with van der Waals surface area (Å²) in [6, 6.07) is 13.7. The number of aromatic nitrogens is 1. The molecule has 6 nitrogen and oxygen atoms in total. The third kappa shape index (κ3) is 6.29. The van der Waals surface area contributed by atoms with E-state index in [1.54, 1.807) is 31.0 Å². The number of benzene rings is 2. The number of ether oxygens (including phenoxy) is 2. The number of amides is 1. The normalized spacial score (nSPS) is 11.8. The molecule has 0 aliphatic carbocycles. The zero-order valence-electron chi connectivity index (χ0n) is 17.9. The van der Waals surface area contributed by atoms with Crippen molar-refractivity contribution >= 4 is 45.2 Å². The Kier molecular flexibility index (Phi) is 8.45. The van der Waals surface area contributed by atoms with Crippen LogP contribution >= 0.6 is 23.1 Å². The van der Waals surface area contributed by atoms with Crippen LogP contribution < -0.4 is 4.80 Å². The van der Waals surface area contributed by atoms with Crippen LogP contribution in [0.4, 0.5) is 0 Å². The molecule has 8 heteroatoms. The van der Waals surface area contributed by atoms with Crippen LogP contribution in [-0.4, -0.2) is 43.0 Å². The van der Waals surface area contributed by atoms with Crippen molar-refractivity contribution in [3.63, 3.8) is 0 Å². The number of thioether (sulfide) groups is 1. The van der Waals surface area contributed by atoms with Crippen molar-refractivity contribution in [1.82, 2.24) is 4.57 Å². The Bertz CT molecular complexity index is 1120. The molecule has 0 saturated heterocycles. The van der Waals surface area contributed by atoms with Crippen molar-refractivity contribution in [2.24, 2.45) is 4.99 Å². The van der Waals surface area contributed by atoms with Gasteiger partial charge in [0, 0.05) is 25.0 Å².